The molecule has 0 aromatic carbocycles. The first-order valence-corrected chi connectivity index (χ1v) is 6.06. The van der Waals surface area contributed by atoms with Gasteiger partial charge in [-0.15, -0.1) is 5.10 Å². The molecule has 2 unspecified atom stereocenters. The van der Waals surface area contributed by atoms with Crippen LogP contribution in [0.1, 0.15) is 45.6 Å². The number of hydrogen-bond donors (Lipinski definition) is 1. The van der Waals surface area contributed by atoms with Crippen LogP contribution in [0.4, 0.5) is 0 Å². The second-order valence-electron chi connectivity index (χ2n) is 4.81. The summed E-state index contributed by atoms with van der Waals surface area (Å²) in [4.78, 5) is 0. The number of methoxy groups -OCH3 is 1. The van der Waals surface area contributed by atoms with Crippen molar-refractivity contribution < 1.29 is 4.74 Å². The molecule has 0 aliphatic carbocycles. The topological polar surface area (TPSA) is 64.9 Å². The molecule has 1 aromatic heterocycles. The summed E-state index contributed by atoms with van der Waals surface area (Å²) < 4.78 is 6.94. The van der Waals surface area contributed by atoms with Crippen molar-refractivity contribution in [2.45, 2.75) is 39.8 Å². The second kappa shape index (κ2) is 6.66. The molecule has 2 atom stereocenters. The molecule has 0 amide bonds. The van der Waals surface area contributed by atoms with Crippen LogP contribution in [0.2, 0.25) is 0 Å². The molecule has 0 spiro atoms. The second-order valence-corrected chi connectivity index (χ2v) is 4.81. The van der Waals surface area contributed by atoms with Crippen molar-refractivity contribution in [1.29, 1.82) is 0 Å². The van der Waals surface area contributed by atoms with Crippen molar-refractivity contribution in [2.75, 3.05) is 20.3 Å². The summed E-state index contributed by atoms with van der Waals surface area (Å²) in [6.07, 6.45) is 0. The molecule has 0 saturated carbocycles. The minimum Gasteiger partial charge on any atom is -0.382 e. The Hall–Kier alpha value is -1.01. The predicted molar refractivity (Wildman–Crippen MR) is 65.7 cm³/mol. The Morgan fingerprint density at radius 3 is 2.59 bits per heavy atom. The van der Waals surface area contributed by atoms with Crippen LogP contribution < -0.4 is 5.32 Å². The Kier molecular flexibility index (Phi) is 5.50. The van der Waals surface area contributed by atoms with Crippen molar-refractivity contribution >= 4 is 0 Å². The third-order valence-corrected chi connectivity index (χ3v) is 2.56. The van der Waals surface area contributed by atoms with Crippen LogP contribution in [-0.4, -0.2) is 40.5 Å². The molecule has 0 aliphatic rings. The van der Waals surface area contributed by atoms with Gasteiger partial charge in [0.15, 0.2) is 5.82 Å². The highest BCUT2D eigenvalue weighted by Gasteiger charge is 2.18. The lowest BCUT2D eigenvalue weighted by Gasteiger charge is -2.18. The molecule has 1 heterocycles. The molecule has 6 heteroatoms. The zero-order valence-corrected chi connectivity index (χ0v) is 11.3. The van der Waals surface area contributed by atoms with Gasteiger partial charge in [-0.3, -0.25) is 0 Å². The number of nitrogens with one attached hydrogen (secondary N) is 1. The highest BCUT2D eigenvalue weighted by atomic mass is 16.5. The monoisotopic (exact) mass is 241 g/mol. The smallest absolute Gasteiger partial charge is 0.168 e. The van der Waals surface area contributed by atoms with E-state index < -0.39 is 0 Å². The molecular weight excluding hydrogens is 218 g/mol. The van der Waals surface area contributed by atoms with Crippen LogP contribution in [0, 0.1) is 5.92 Å². The predicted octanol–water partition coefficient (Wildman–Crippen LogP) is 1.19. The van der Waals surface area contributed by atoms with E-state index in [9.17, 15) is 0 Å². The Balaban J connectivity index is 2.66. The average Bonchev–Trinajstić information content (AvgIpc) is 2.75. The summed E-state index contributed by atoms with van der Waals surface area (Å²) in [7, 11) is 1.68. The normalized spacial score (nSPS) is 15.2. The van der Waals surface area contributed by atoms with E-state index in [0.717, 1.165) is 12.4 Å². The number of rotatable bonds is 7. The zero-order chi connectivity index (χ0) is 12.8. The van der Waals surface area contributed by atoms with Gasteiger partial charge in [0.2, 0.25) is 0 Å². The molecule has 1 aromatic rings. The summed E-state index contributed by atoms with van der Waals surface area (Å²) in [5.74, 6) is 1.47. The minimum atomic E-state index is 0.145. The molecule has 0 fully saturated rings. The standard InChI is InChI=1S/C11H23N5O/c1-8(2)6-12-10(4)11-13-14-15-16(11)9(3)7-17-5/h8-10,12H,6-7H2,1-5H3. The number of tetrazole rings is 1. The van der Waals surface area contributed by atoms with E-state index >= 15 is 0 Å². The van der Waals surface area contributed by atoms with Crippen molar-refractivity contribution in [3.63, 3.8) is 0 Å². The third-order valence-electron chi connectivity index (χ3n) is 2.56. The number of ether oxygens (including phenoxy) is 1. The number of hydrogen-bond acceptors (Lipinski definition) is 5. The Labute approximate surface area is 103 Å². The maximum atomic E-state index is 5.12. The summed E-state index contributed by atoms with van der Waals surface area (Å²) in [6.45, 7) is 10.0. The molecular formula is C11H23N5O. The van der Waals surface area contributed by atoms with Crippen molar-refractivity contribution in [3.05, 3.63) is 5.82 Å². The maximum Gasteiger partial charge on any atom is 0.168 e. The van der Waals surface area contributed by atoms with Gasteiger partial charge in [-0.25, -0.2) is 4.68 Å². The Morgan fingerprint density at radius 1 is 1.29 bits per heavy atom. The van der Waals surface area contributed by atoms with Crippen LogP contribution >= 0.6 is 0 Å². The minimum absolute atomic E-state index is 0.145. The van der Waals surface area contributed by atoms with E-state index in [1.165, 1.54) is 0 Å². The fourth-order valence-corrected chi connectivity index (χ4v) is 1.62. The van der Waals surface area contributed by atoms with Gasteiger partial charge in [0, 0.05) is 7.11 Å². The fraction of sp³-hybridized carbons (Fsp3) is 0.909. The van der Waals surface area contributed by atoms with Gasteiger partial charge in [0.1, 0.15) is 0 Å². The van der Waals surface area contributed by atoms with E-state index in [4.69, 9.17) is 4.74 Å². The number of aromatic nitrogens is 4. The summed E-state index contributed by atoms with van der Waals surface area (Å²) >= 11 is 0. The zero-order valence-electron chi connectivity index (χ0n) is 11.3. The lowest BCUT2D eigenvalue weighted by molar-refractivity contribution is 0.153. The summed E-state index contributed by atoms with van der Waals surface area (Å²) in [5.41, 5.74) is 0. The molecule has 1 rings (SSSR count). The van der Waals surface area contributed by atoms with Gasteiger partial charge in [0.25, 0.3) is 0 Å². The first-order chi connectivity index (χ1) is 8.06. The van der Waals surface area contributed by atoms with Crippen LogP contribution in [-0.2, 0) is 4.74 Å². The van der Waals surface area contributed by atoms with Gasteiger partial charge in [-0.1, -0.05) is 13.8 Å². The largest absolute Gasteiger partial charge is 0.382 e. The molecule has 0 bridgehead atoms. The fourth-order valence-electron chi connectivity index (χ4n) is 1.62. The quantitative estimate of drug-likeness (QED) is 0.776. The third kappa shape index (κ3) is 4.05. The Bertz CT molecular complexity index is 325. The highest BCUT2D eigenvalue weighted by Crippen LogP contribution is 2.13. The first kappa shape index (κ1) is 14.1. The molecule has 17 heavy (non-hydrogen) atoms. The van der Waals surface area contributed by atoms with E-state index in [1.807, 2.05) is 11.6 Å². The van der Waals surface area contributed by atoms with E-state index in [-0.39, 0.29) is 12.1 Å². The van der Waals surface area contributed by atoms with Gasteiger partial charge in [-0.05, 0) is 36.7 Å². The van der Waals surface area contributed by atoms with Gasteiger partial charge < -0.3 is 10.1 Å². The van der Waals surface area contributed by atoms with Crippen LogP contribution in [0.25, 0.3) is 0 Å². The number of nitrogens with zero attached hydrogens (tertiary/aromatic N) is 4. The molecule has 0 saturated heterocycles. The van der Waals surface area contributed by atoms with Gasteiger partial charge in [-0.2, -0.15) is 0 Å². The van der Waals surface area contributed by atoms with E-state index in [2.05, 4.69) is 41.6 Å². The lowest BCUT2D eigenvalue weighted by atomic mass is 10.2. The lowest BCUT2D eigenvalue weighted by Crippen LogP contribution is -2.27. The van der Waals surface area contributed by atoms with Crippen LogP contribution in [0.15, 0.2) is 0 Å². The van der Waals surface area contributed by atoms with Gasteiger partial charge >= 0.3 is 0 Å². The average molecular weight is 241 g/mol. The molecule has 0 radical (unpaired) electrons. The van der Waals surface area contributed by atoms with E-state index in [0.29, 0.717) is 12.5 Å². The molecule has 98 valence electrons. The summed E-state index contributed by atoms with van der Waals surface area (Å²) in [6, 6.07) is 0.292. The molecule has 1 N–H and O–H groups in total. The molecule has 0 aliphatic heterocycles. The van der Waals surface area contributed by atoms with Gasteiger partial charge in [0.05, 0.1) is 18.7 Å². The van der Waals surface area contributed by atoms with Crippen molar-refractivity contribution in [2.24, 2.45) is 5.92 Å². The summed E-state index contributed by atoms with van der Waals surface area (Å²) in [5, 5.41) is 15.3. The first-order valence-electron chi connectivity index (χ1n) is 6.06. The molecule has 6 nitrogen and oxygen atoms in total. The van der Waals surface area contributed by atoms with Crippen molar-refractivity contribution in [3.8, 4) is 0 Å². The SMILES string of the molecule is COCC(C)n1nnnc1C(C)NCC(C)C. The maximum absolute atomic E-state index is 5.12. The highest BCUT2D eigenvalue weighted by molar-refractivity contribution is 4.91. The van der Waals surface area contributed by atoms with E-state index in [1.54, 1.807) is 7.11 Å². The van der Waals surface area contributed by atoms with Crippen LogP contribution in [0.5, 0.6) is 0 Å². The van der Waals surface area contributed by atoms with Crippen molar-refractivity contribution in [1.82, 2.24) is 25.5 Å². The van der Waals surface area contributed by atoms with Crippen LogP contribution in [0.3, 0.4) is 0 Å². The Morgan fingerprint density at radius 2 is 2.00 bits per heavy atom.